The molecule has 1 aromatic rings. The minimum atomic E-state index is 0.319. The highest BCUT2D eigenvalue weighted by Crippen LogP contribution is 2.26. The highest BCUT2D eigenvalue weighted by molar-refractivity contribution is 5.21. The Hall–Kier alpha value is -1.12. The summed E-state index contributed by atoms with van der Waals surface area (Å²) in [5, 5.41) is 0. The summed E-state index contributed by atoms with van der Waals surface area (Å²) < 4.78 is 0. The number of hydrogen-bond donors (Lipinski definition) is 2. The minimum Gasteiger partial charge on any atom is -0.271 e. The number of hydrazine groups is 1. The molecule has 94 valence electrons. The molecule has 1 aromatic carbocycles. The standard InChI is InChI=1S/C15H24N2/c1-4-14(13-8-6-5-7-9-13)15(17-16)11-10-12(2)3/h5-9,14-15,17H,2,4,10-11,16H2,1,3H3. The molecule has 2 unspecified atom stereocenters. The molecule has 0 fully saturated rings. The second-order valence-corrected chi connectivity index (χ2v) is 4.69. The average molecular weight is 232 g/mol. The molecule has 1 rings (SSSR count). The summed E-state index contributed by atoms with van der Waals surface area (Å²) in [5.41, 5.74) is 5.54. The smallest absolute Gasteiger partial charge is 0.0282 e. The first-order valence-electron chi connectivity index (χ1n) is 6.34. The molecule has 3 N–H and O–H groups in total. The lowest BCUT2D eigenvalue weighted by atomic mass is 9.86. The zero-order valence-electron chi connectivity index (χ0n) is 10.9. The van der Waals surface area contributed by atoms with Crippen LogP contribution in [0.25, 0.3) is 0 Å². The van der Waals surface area contributed by atoms with Crippen LogP contribution in [-0.4, -0.2) is 6.04 Å². The van der Waals surface area contributed by atoms with E-state index in [0.29, 0.717) is 12.0 Å². The molecule has 0 amide bonds. The van der Waals surface area contributed by atoms with Crippen molar-refractivity contribution >= 4 is 0 Å². The van der Waals surface area contributed by atoms with Gasteiger partial charge in [-0.1, -0.05) is 42.8 Å². The lowest BCUT2D eigenvalue weighted by Gasteiger charge is -2.26. The Labute approximate surface area is 105 Å². The van der Waals surface area contributed by atoms with E-state index < -0.39 is 0 Å². The Bertz CT molecular complexity index is 332. The highest BCUT2D eigenvalue weighted by atomic mass is 15.2. The van der Waals surface area contributed by atoms with Crippen LogP contribution < -0.4 is 11.3 Å². The van der Waals surface area contributed by atoms with Gasteiger partial charge in [0, 0.05) is 12.0 Å². The third-order valence-electron chi connectivity index (χ3n) is 3.25. The topological polar surface area (TPSA) is 38.0 Å². The molecule has 0 spiro atoms. The lowest BCUT2D eigenvalue weighted by Crippen LogP contribution is -2.39. The fourth-order valence-electron chi connectivity index (χ4n) is 2.26. The second kappa shape index (κ2) is 7.25. The molecule has 0 aromatic heterocycles. The quantitative estimate of drug-likeness (QED) is 0.430. The predicted octanol–water partition coefficient (Wildman–Crippen LogP) is 3.37. The van der Waals surface area contributed by atoms with Crippen molar-refractivity contribution in [3.8, 4) is 0 Å². The van der Waals surface area contributed by atoms with Crippen LogP contribution in [0.1, 0.15) is 44.6 Å². The van der Waals surface area contributed by atoms with Gasteiger partial charge >= 0.3 is 0 Å². The molecule has 0 aliphatic heterocycles. The van der Waals surface area contributed by atoms with Gasteiger partial charge in [-0.3, -0.25) is 11.3 Å². The molecule has 2 heteroatoms. The van der Waals surface area contributed by atoms with Crippen LogP contribution in [0, 0.1) is 0 Å². The first-order valence-corrected chi connectivity index (χ1v) is 6.34. The molecule has 0 aliphatic carbocycles. The minimum absolute atomic E-state index is 0.319. The first-order chi connectivity index (χ1) is 8.19. The SMILES string of the molecule is C=C(C)CCC(NN)C(CC)c1ccccc1. The third kappa shape index (κ3) is 4.33. The highest BCUT2D eigenvalue weighted by Gasteiger charge is 2.19. The van der Waals surface area contributed by atoms with Crippen LogP contribution in [0.15, 0.2) is 42.5 Å². The monoisotopic (exact) mass is 232 g/mol. The fourth-order valence-corrected chi connectivity index (χ4v) is 2.26. The summed E-state index contributed by atoms with van der Waals surface area (Å²) in [6.07, 6.45) is 3.16. The molecule has 0 saturated carbocycles. The Balaban J connectivity index is 2.73. The Morgan fingerprint density at radius 3 is 2.47 bits per heavy atom. The molecular formula is C15H24N2. The van der Waals surface area contributed by atoms with E-state index >= 15 is 0 Å². The molecular weight excluding hydrogens is 208 g/mol. The second-order valence-electron chi connectivity index (χ2n) is 4.69. The van der Waals surface area contributed by atoms with Crippen molar-refractivity contribution in [2.75, 3.05) is 0 Å². The van der Waals surface area contributed by atoms with E-state index in [0.717, 1.165) is 19.3 Å². The van der Waals surface area contributed by atoms with Crippen LogP contribution in [0.5, 0.6) is 0 Å². The average Bonchev–Trinajstić information content (AvgIpc) is 2.35. The number of rotatable bonds is 7. The van der Waals surface area contributed by atoms with Crippen molar-refractivity contribution in [3.05, 3.63) is 48.0 Å². The van der Waals surface area contributed by atoms with E-state index in [1.54, 1.807) is 0 Å². The van der Waals surface area contributed by atoms with Crippen molar-refractivity contribution in [1.82, 2.24) is 5.43 Å². The van der Waals surface area contributed by atoms with E-state index in [4.69, 9.17) is 5.84 Å². The van der Waals surface area contributed by atoms with Gasteiger partial charge in [0.2, 0.25) is 0 Å². The summed E-state index contributed by atoms with van der Waals surface area (Å²) in [6, 6.07) is 10.9. The van der Waals surface area contributed by atoms with Gasteiger partial charge in [0.15, 0.2) is 0 Å². The van der Waals surface area contributed by atoms with Gasteiger partial charge in [-0.15, -0.1) is 6.58 Å². The van der Waals surface area contributed by atoms with Gasteiger partial charge in [0.1, 0.15) is 0 Å². The van der Waals surface area contributed by atoms with E-state index in [1.807, 2.05) is 0 Å². The number of nitrogens with one attached hydrogen (secondary N) is 1. The predicted molar refractivity (Wildman–Crippen MR) is 74.6 cm³/mol. The van der Waals surface area contributed by atoms with E-state index in [1.165, 1.54) is 11.1 Å². The van der Waals surface area contributed by atoms with Crippen LogP contribution in [0.3, 0.4) is 0 Å². The maximum atomic E-state index is 5.69. The van der Waals surface area contributed by atoms with Crippen LogP contribution in [-0.2, 0) is 0 Å². The molecule has 0 heterocycles. The largest absolute Gasteiger partial charge is 0.271 e. The van der Waals surface area contributed by atoms with Gasteiger partial charge in [0.05, 0.1) is 0 Å². The fraction of sp³-hybridized carbons (Fsp3) is 0.467. The van der Waals surface area contributed by atoms with Crippen LogP contribution in [0.4, 0.5) is 0 Å². The summed E-state index contributed by atoms with van der Waals surface area (Å²) >= 11 is 0. The molecule has 0 bridgehead atoms. The van der Waals surface area contributed by atoms with E-state index in [9.17, 15) is 0 Å². The van der Waals surface area contributed by atoms with Crippen LogP contribution >= 0.6 is 0 Å². The summed E-state index contributed by atoms with van der Waals surface area (Å²) in [6.45, 7) is 8.23. The molecule has 0 aliphatic rings. The van der Waals surface area contributed by atoms with Gasteiger partial charge < -0.3 is 0 Å². The van der Waals surface area contributed by atoms with Crippen molar-refractivity contribution in [1.29, 1.82) is 0 Å². The van der Waals surface area contributed by atoms with E-state index in [-0.39, 0.29) is 0 Å². The molecule has 2 nitrogen and oxygen atoms in total. The zero-order chi connectivity index (χ0) is 12.7. The maximum absolute atomic E-state index is 5.69. The number of hydrogen-bond acceptors (Lipinski definition) is 2. The first kappa shape index (κ1) is 13.9. The van der Waals surface area contributed by atoms with Crippen LogP contribution in [0.2, 0.25) is 0 Å². The number of nitrogens with two attached hydrogens (primary N) is 1. The Morgan fingerprint density at radius 2 is 2.00 bits per heavy atom. The van der Waals surface area contributed by atoms with Crippen molar-refractivity contribution < 1.29 is 0 Å². The maximum Gasteiger partial charge on any atom is 0.0282 e. The van der Waals surface area contributed by atoms with Gasteiger partial charge in [-0.05, 0) is 31.7 Å². The number of allylic oxidation sites excluding steroid dienone is 1. The normalized spacial score (nSPS) is 14.3. The van der Waals surface area contributed by atoms with Gasteiger partial charge in [-0.25, -0.2) is 0 Å². The Kier molecular flexibility index (Phi) is 5.95. The summed E-state index contributed by atoms with van der Waals surface area (Å²) in [4.78, 5) is 0. The molecule has 17 heavy (non-hydrogen) atoms. The lowest BCUT2D eigenvalue weighted by molar-refractivity contribution is 0.406. The van der Waals surface area contributed by atoms with Crippen molar-refractivity contribution in [3.63, 3.8) is 0 Å². The van der Waals surface area contributed by atoms with Crippen molar-refractivity contribution in [2.45, 2.75) is 45.1 Å². The zero-order valence-corrected chi connectivity index (χ0v) is 10.9. The van der Waals surface area contributed by atoms with Gasteiger partial charge in [-0.2, -0.15) is 0 Å². The summed E-state index contributed by atoms with van der Waals surface area (Å²) in [7, 11) is 0. The molecule has 0 saturated heterocycles. The number of benzene rings is 1. The summed E-state index contributed by atoms with van der Waals surface area (Å²) in [5.74, 6) is 6.17. The van der Waals surface area contributed by atoms with Gasteiger partial charge in [0.25, 0.3) is 0 Å². The third-order valence-corrected chi connectivity index (χ3v) is 3.25. The Morgan fingerprint density at radius 1 is 1.35 bits per heavy atom. The van der Waals surface area contributed by atoms with Crippen molar-refractivity contribution in [2.24, 2.45) is 5.84 Å². The van der Waals surface area contributed by atoms with E-state index in [2.05, 4.69) is 56.2 Å². The molecule has 0 radical (unpaired) electrons. The molecule has 2 atom stereocenters.